The van der Waals surface area contributed by atoms with Crippen LogP contribution in [-0.4, -0.2) is 48.7 Å². The SMILES string of the molecule is COC1(/C=C/COc2ccc3c(-c4ccc(F)cc4)c(CO)c(C(=O)O)cc3c2)CCOCC1. The molecular weight excluding hydrogens is 439 g/mol. The molecule has 7 heteroatoms. The molecule has 0 unspecified atom stereocenters. The van der Waals surface area contributed by atoms with Crippen molar-refractivity contribution < 1.29 is 33.6 Å². The van der Waals surface area contributed by atoms with Crippen LogP contribution in [0, 0.1) is 5.82 Å². The molecule has 6 nitrogen and oxygen atoms in total. The van der Waals surface area contributed by atoms with Gasteiger partial charge in [0.1, 0.15) is 18.2 Å². The largest absolute Gasteiger partial charge is 0.490 e. The second kappa shape index (κ2) is 10.3. The predicted octanol–water partition coefficient (Wildman–Crippen LogP) is 4.97. The van der Waals surface area contributed by atoms with Crippen molar-refractivity contribution >= 4 is 16.7 Å². The third-order valence-corrected chi connectivity index (χ3v) is 6.25. The van der Waals surface area contributed by atoms with Crippen LogP contribution in [0.5, 0.6) is 5.75 Å². The average molecular weight is 467 g/mol. The fraction of sp³-hybridized carbons (Fsp3) is 0.296. The lowest BCUT2D eigenvalue weighted by Crippen LogP contribution is -2.36. The fourth-order valence-electron chi connectivity index (χ4n) is 4.38. The molecule has 0 atom stereocenters. The van der Waals surface area contributed by atoms with Crippen molar-refractivity contribution in [2.24, 2.45) is 0 Å². The number of benzene rings is 3. The minimum atomic E-state index is -1.15. The summed E-state index contributed by atoms with van der Waals surface area (Å²) in [5.74, 6) is -0.966. The number of ether oxygens (including phenoxy) is 3. The number of aliphatic hydroxyl groups excluding tert-OH is 1. The summed E-state index contributed by atoms with van der Waals surface area (Å²) in [6.07, 6.45) is 5.50. The summed E-state index contributed by atoms with van der Waals surface area (Å²) in [6.45, 7) is 1.17. The third-order valence-electron chi connectivity index (χ3n) is 6.25. The zero-order chi connectivity index (χ0) is 24.1. The molecule has 1 heterocycles. The molecule has 1 saturated heterocycles. The van der Waals surface area contributed by atoms with Gasteiger partial charge in [0.05, 0.1) is 17.8 Å². The molecule has 1 aliphatic heterocycles. The Bertz CT molecular complexity index is 1200. The number of carboxylic acids is 1. The maximum atomic E-state index is 13.5. The van der Waals surface area contributed by atoms with E-state index in [9.17, 15) is 19.4 Å². The molecule has 0 amide bonds. The van der Waals surface area contributed by atoms with Gasteiger partial charge in [0, 0.05) is 38.7 Å². The van der Waals surface area contributed by atoms with E-state index in [1.54, 1.807) is 31.4 Å². The smallest absolute Gasteiger partial charge is 0.336 e. The maximum Gasteiger partial charge on any atom is 0.336 e. The van der Waals surface area contributed by atoms with E-state index in [0.29, 0.717) is 42.1 Å². The van der Waals surface area contributed by atoms with Crippen molar-refractivity contribution in [3.63, 3.8) is 0 Å². The lowest BCUT2D eigenvalue weighted by Gasteiger charge is -2.33. The first kappa shape index (κ1) is 23.9. The third kappa shape index (κ3) is 4.97. The van der Waals surface area contributed by atoms with Gasteiger partial charge in [-0.15, -0.1) is 0 Å². The monoisotopic (exact) mass is 466 g/mol. The van der Waals surface area contributed by atoms with Crippen LogP contribution in [0.25, 0.3) is 21.9 Å². The van der Waals surface area contributed by atoms with E-state index in [1.807, 2.05) is 18.2 Å². The summed E-state index contributed by atoms with van der Waals surface area (Å²) in [6, 6.07) is 12.7. The Kier molecular flexibility index (Phi) is 7.26. The van der Waals surface area contributed by atoms with Crippen LogP contribution in [0.15, 0.2) is 60.7 Å². The standard InChI is InChI=1S/C27H27FO6/c1-32-27(10-13-33-14-11-27)9-2-12-34-21-7-8-22-19(15-21)16-23(26(30)31)24(17-29)25(22)18-3-5-20(28)6-4-18/h2-9,15-16,29H,10-14,17H2,1H3,(H,30,31)/b9-2+. The van der Waals surface area contributed by atoms with Gasteiger partial charge in [-0.05, 0) is 58.3 Å². The number of carboxylic acid groups (broad SMARTS) is 1. The Morgan fingerprint density at radius 3 is 2.53 bits per heavy atom. The molecule has 1 fully saturated rings. The lowest BCUT2D eigenvalue weighted by molar-refractivity contribution is -0.0588. The zero-order valence-corrected chi connectivity index (χ0v) is 18.9. The number of rotatable bonds is 8. The molecule has 1 aliphatic rings. The highest BCUT2D eigenvalue weighted by atomic mass is 19.1. The molecule has 0 saturated carbocycles. The number of aliphatic hydroxyl groups is 1. The van der Waals surface area contributed by atoms with Gasteiger partial charge in [-0.25, -0.2) is 9.18 Å². The summed E-state index contributed by atoms with van der Waals surface area (Å²) in [4.78, 5) is 11.9. The molecule has 0 aliphatic carbocycles. The summed E-state index contributed by atoms with van der Waals surface area (Å²) in [5.41, 5.74) is 1.12. The van der Waals surface area contributed by atoms with Gasteiger partial charge in [-0.2, -0.15) is 0 Å². The van der Waals surface area contributed by atoms with E-state index in [0.717, 1.165) is 18.2 Å². The van der Waals surface area contributed by atoms with Crippen LogP contribution in [0.4, 0.5) is 4.39 Å². The van der Waals surface area contributed by atoms with Gasteiger partial charge in [0.25, 0.3) is 0 Å². The molecule has 34 heavy (non-hydrogen) atoms. The lowest BCUT2D eigenvalue weighted by atomic mass is 9.90. The molecule has 4 rings (SSSR count). The highest BCUT2D eigenvalue weighted by molar-refractivity contribution is 6.05. The van der Waals surface area contributed by atoms with Crippen LogP contribution in [0.2, 0.25) is 0 Å². The fourth-order valence-corrected chi connectivity index (χ4v) is 4.38. The Labute approximate surface area is 197 Å². The van der Waals surface area contributed by atoms with Gasteiger partial charge in [-0.3, -0.25) is 0 Å². The van der Waals surface area contributed by atoms with Crippen LogP contribution in [0.3, 0.4) is 0 Å². The second-order valence-corrected chi connectivity index (χ2v) is 8.23. The van der Waals surface area contributed by atoms with Gasteiger partial charge in [0.15, 0.2) is 0 Å². The first-order valence-electron chi connectivity index (χ1n) is 11.1. The van der Waals surface area contributed by atoms with E-state index in [-0.39, 0.29) is 16.7 Å². The van der Waals surface area contributed by atoms with Crippen molar-refractivity contribution in [1.82, 2.24) is 0 Å². The Morgan fingerprint density at radius 1 is 1.15 bits per heavy atom. The number of carbonyl (C=O) groups is 1. The van der Waals surface area contributed by atoms with Crippen LogP contribution >= 0.6 is 0 Å². The number of halogens is 1. The van der Waals surface area contributed by atoms with Gasteiger partial charge >= 0.3 is 5.97 Å². The summed E-state index contributed by atoms with van der Waals surface area (Å²) >= 11 is 0. The second-order valence-electron chi connectivity index (χ2n) is 8.23. The van der Waals surface area contributed by atoms with E-state index in [4.69, 9.17) is 14.2 Å². The molecule has 0 radical (unpaired) electrons. The van der Waals surface area contributed by atoms with Gasteiger partial charge in [0.2, 0.25) is 0 Å². The molecule has 3 aromatic carbocycles. The number of hydrogen-bond donors (Lipinski definition) is 2. The van der Waals surface area contributed by atoms with Gasteiger partial charge < -0.3 is 24.4 Å². The number of hydrogen-bond acceptors (Lipinski definition) is 5. The first-order chi connectivity index (χ1) is 16.5. The number of fused-ring (bicyclic) bond motifs is 1. The molecule has 0 bridgehead atoms. The summed E-state index contributed by atoms with van der Waals surface area (Å²) in [7, 11) is 1.69. The quantitative estimate of drug-likeness (QED) is 0.456. The predicted molar refractivity (Wildman–Crippen MR) is 127 cm³/mol. The summed E-state index contributed by atoms with van der Waals surface area (Å²) in [5, 5.41) is 21.1. The zero-order valence-electron chi connectivity index (χ0n) is 18.9. The van der Waals surface area contributed by atoms with E-state index >= 15 is 0 Å². The number of aromatic carboxylic acids is 1. The van der Waals surface area contributed by atoms with Crippen LogP contribution < -0.4 is 4.74 Å². The Balaban J connectivity index is 1.66. The molecule has 178 valence electrons. The van der Waals surface area contributed by atoms with Crippen molar-refractivity contribution in [2.45, 2.75) is 25.0 Å². The van der Waals surface area contributed by atoms with Crippen molar-refractivity contribution in [3.05, 3.63) is 77.6 Å². The highest BCUT2D eigenvalue weighted by Gasteiger charge is 2.29. The van der Waals surface area contributed by atoms with Crippen LogP contribution in [0.1, 0.15) is 28.8 Å². The van der Waals surface area contributed by atoms with Crippen molar-refractivity contribution in [3.8, 4) is 16.9 Å². The van der Waals surface area contributed by atoms with Gasteiger partial charge in [-0.1, -0.05) is 24.3 Å². The Hall–Kier alpha value is -3.26. The number of methoxy groups -OCH3 is 1. The molecule has 2 N–H and O–H groups in total. The normalized spacial score (nSPS) is 15.6. The van der Waals surface area contributed by atoms with Crippen molar-refractivity contribution in [2.75, 3.05) is 26.9 Å². The van der Waals surface area contributed by atoms with Crippen molar-refractivity contribution in [1.29, 1.82) is 0 Å². The van der Waals surface area contributed by atoms with Crippen LogP contribution in [-0.2, 0) is 16.1 Å². The first-order valence-corrected chi connectivity index (χ1v) is 11.1. The van der Waals surface area contributed by atoms with E-state index < -0.39 is 18.4 Å². The minimum Gasteiger partial charge on any atom is -0.490 e. The molecular formula is C27H27FO6. The summed E-state index contributed by atoms with van der Waals surface area (Å²) < 4.78 is 30.5. The minimum absolute atomic E-state index is 0.00655. The maximum absolute atomic E-state index is 13.5. The molecule has 0 spiro atoms. The molecule has 0 aromatic heterocycles. The Morgan fingerprint density at radius 2 is 1.88 bits per heavy atom. The molecule has 3 aromatic rings. The topological polar surface area (TPSA) is 85.2 Å². The average Bonchev–Trinajstić information content (AvgIpc) is 2.86. The highest BCUT2D eigenvalue weighted by Crippen LogP contribution is 2.36. The van der Waals surface area contributed by atoms with E-state index in [1.165, 1.54) is 18.2 Å². The van der Waals surface area contributed by atoms with E-state index in [2.05, 4.69) is 0 Å².